The lowest BCUT2D eigenvalue weighted by molar-refractivity contribution is -0.126. The Morgan fingerprint density at radius 1 is 1.44 bits per heavy atom. The lowest BCUT2D eigenvalue weighted by atomic mass is 9.97. The molecule has 1 amide bonds. The second-order valence-electron chi connectivity index (χ2n) is 6.32. The van der Waals surface area contributed by atoms with Crippen molar-refractivity contribution in [3.05, 3.63) is 0 Å². The molecule has 4 heteroatoms. The highest BCUT2D eigenvalue weighted by molar-refractivity contribution is 5.86. The van der Waals surface area contributed by atoms with Gasteiger partial charge in [-0.25, -0.2) is 0 Å². The zero-order valence-electron chi connectivity index (χ0n) is 11.7. The average molecular weight is 253 g/mol. The number of hydrogen-bond donors (Lipinski definition) is 2. The van der Waals surface area contributed by atoms with Crippen LogP contribution in [0.5, 0.6) is 0 Å². The second-order valence-corrected chi connectivity index (χ2v) is 6.32. The molecule has 1 aliphatic carbocycles. The van der Waals surface area contributed by atoms with E-state index >= 15 is 0 Å². The molecule has 0 aromatic heterocycles. The number of nitrogens with one attached hydrogen (secondary N) is 1. The fraction of sp³-hybridized carbons (Fsp3) is 0.929. The predicted molar refractivity (Wildman–Crippen MR) is 73.2 cm³/mol. The van der Waals surface area contributed by atoms with Crippen molar-refractivity contribution >= 4 is 5.91 Å². The van der Waals surface area contributed by atoms with Gasteiger partial charge in [0.1, 0.15) is 0 Å². The van der Waals surface area contributed by atoms with Gasteiger partial charge < -0.3 is 16.0 Å². The predicted octanol–water partition coefficient (Wildman–Crippen LogP) is 1.10. The molecule has 1 atom stereocenters. The van der Waals surface area contributed by atoms with Crippen LogP contribution in [-0.4, -0.2) is 42.0 Å². The van der Waals surface area contributed by atoms with Gasteiger partial charge >= 0.3 is 0 Å². The number of carbonyl (C=O) groups excluding carboxylic acids is 1. The van der Waals surface area contributed by atoms with E-state index in [4.69, 9.17) is 5.73 Å². The number of carbonyl (C=O) groups is 1. The van der Waals surface area contributed by atoms with Crippen molar-refractivity contribution in [2.24, 2.45) is 11.7 Å². The summed E-state index contributed by atoms with van der Waals surface area (Å²) in [7, 11) is 0. The Balaban J connectivity index is 1.74. The van der Waals surface area contributed by atoms with Crippen LogP contribution >= 0.6 is 0 Å². The lowest BCUT2D eigenvalue weighted by Gasteiger charge is -2.24. The molecule has 2 rings (SSSR count). The van der Waals surface area contributed by atoms with Crippen molar-refractivity contribution in [2.75, 3.05) is 19.6 Å². The molecule has 4 nitrogen and oxygen atoms in total. The first-order valence-corrected chi connectivity index (χ1v) is 7.32. The van der Waals surface area contributed by atoms with Crippen LogP contribution in [0.4, 0.5) is 0 Å². The van der Waals surface area contributed by atoms with E-state index in [-0.39, 0.29) is 5.91 Å². The van der Waals surface area contributed by atoms with Crippen molar-refractivity contribution in [1.82, 2.24) is 10.2 Å². The van der Waals surface area contributed by atoms with E-state index in [9.17, 15) is 4.79 Å². The minimum Gasteiger partial charge on any atom is -0.354 e. The Bertz CT molecular complexity index is 297. The summed E-state index contributed by atoms with van der Waals surface area (Å²) in [5, 5.41) is 3.08. The highest BCUT2D eigenvalue weighted by Crippen LogP contribution is 2.27. The van der Waals surface area contributed by atoms with Crippen molar-refractivity contribution in [1.29, 1.82) is 0 Å². The summed E-state index contributed by atoms with van der Waals surface area (Å²) in [6, 6.07) is 0.612. The molecule has 0 radical (unpaired) electrons. The number of likely N-dealkylation sites (tertiary alicyclic amines) is 1. The summed E-state index contributed by atoms with van der Waals surface area (Å²) < 4.78 is 0. The normalized spacial score (nSPS) is 27.9. The second kappa shape index (κ2) is 5.57. The minimum atomic E-state index is -0.573. The van der Waals surface area contributed by atoms with Gasteiger partial charge in [0.15, 0.2) is 0 Å². The Morgan fingerprint density at radius 2 is 2.11 bits per heavy atom. The van der Waals surface area contributed by atoms with Crippen LogP contribution in [0.3, 0.4) is 0 Å². The maximum Gasteiger partial charge on any atom is 0.240 e. The summed E-state index contributed by atoms with van der Waals surface area (Å²) in [6.45, 7) is 7.52. The molecule has 1 aliphatic heterocycles. The first-order chi connectivity index (χ1) is 8.51. The van der Waals surface area contributed by atoms with Gasteiger partial charge in [-0.15, -0.1) is 0 Å². The zero-order chi connectivity index (χ0) is 13.2. The summed E-state index contributed by atoms with van der Waals surface area (Å²) >= 11 is 0. The third-order valence-corrected chi connectivity index (χ3v) is 4.55. The first kappa shape index (κ1) is 13.8. The molecule has 3 N–H and O–H groups in total. The van der Waals surface area contributed by atoms with Crippen molar-refractivity contribution in [3.8, 4) is 0 Å². The van der Waals surface area contributed by atoms with Gasteiger partial charge in [-0.05, 0) is 45.6 Å². The number of amides is 1. The van der Waals surface area contributed by atoms with Crippen LogP contribution in [0, 0.1) is 5.92 Å². The van der Waals surface area contributed by atoms with Gasteiger partial charge in [0.25, 0.3) is 0 Å². The van der Waals surface area contributed by atoms with Crippen LogP contribution in [0.1, 0.15) is 46.0 Å². The molecule has 0 bridgehead atoms. The van der Waals surface area contributed by atoms with Gasteiger partial charge in [-0.3, -0.25) is 4.79 Å². The molecule has 18 heavy (non-hydrogen) atoms. The van der Waals surface area contributed by atoms with Gasteiger partial charge in [-0.2, -0.15) is 0 Å². The van der Waals surface area contributed by atoms with E-state index in [1.165, 1.54) is 6.42 Å². The molecule has 0 aromatic carbocycles. The summed E-state index contributed by atoms with van der Waals surface area (Å²) in [6.07, 6.45) is 5.07. The van der Waals surface area contributed by atoms with E-state index in [1.54, 1.807) is 0 Å². The van der Waals surface area contributed by atoms with Gasteiger partial charge in [-0.1, -0.05) is 12.8 Å². The molecular formula is C14H27N3O. The number of nitrogens with two attached hydrogens (primary N) is 1. The molecule has 2 aliphatic rings. The molecule has 2 fully saturated rings. The van der Waals surface area contributed by atoms with Crippen molar-refractivity contribution in [3.63, 3.8) is 0 Å². The molecule has 1 saturated carbocycles. The third kappa shape index (κ3) is 3.04. The molecule has 1 unspecified atom stereocenters. The summed E-state index contributed by atoms with van der Waals surface area (Å²) in [5.41, 5.74) is 5.57. The fourth-order valence-electron chi connectivity index (χ4n) is 3.14. The Hall–Kier alpha value is -0.610. The fourth-order valence-corrected chi connectivity index (χ4v) is 3.14. The summed E-state index contributed by atoms with van der Waals surface area (Å²) in [5.74, 6) is 0.671. The van der Waals surface area contributed by atoms with Gasteiger partial charge in [0.2, 0.25) is 5.91 Å². The van der Waals surface area contributed by atoms with Crippen LogP contribution in [-0.2, 0) is 4.79 Å². The smallest absolute Gasteiger partial charge is 0.240 e. The van der Waals surface area contributed by atoms with Crippen molar-refractivity contribution in [2.45, 2.75) is 57.5 Å². The largest absolute Gasteiger partial charge is 0.354 e. The third-order valence-electron chi connectivity index (χ3n) is 4.55. The van der Waals surface area contributed by atoms with Crippen molar-refractivity contribution < 1.29 is 4.79 Å². The van der Waals surface area contributed by atoms with E-state index in [1.807, 2.05) is 0 Å². The van der Waals surface area contributed by atoms with E-state index in [2.05, 4.69) is 24.1 Å². The first-order valence-electron chi connectivity index (χ1n) is 7.32. The molecule has 104 valence electrons. The van der Waals surface area contributed by atoms with E-state index in [0.717, 1.165) is 45.3 Å². The maximum absolute atomic E-state index is 12.1. The average Bonchev–Trinajstić information content (AvgIpc) is 2.95. The van der Waals surface area contributed by atoms with E-state index in [0.29, 0.717) is 12.0 Å². The molecule has 0 spiro atoms. The number of rotatable bonds is 4. The minimum absolute atomic E-state index is 0.0722. The van der Waals surface area contributed by atoms with E-state index < -0.39 is 5.54 Å². The zero-order valence-corrected chi connectivity index (χ0v) is 11.7. The standard InChI is InChI=1S/C14H27N3O/c1-11(2)17-8-5-12(10-17)9-16-13(18)14(15)6-3-4-7-14/h11-12H,3-10,15H2,1-2H3,(H,16,18). The molecule has 1 heterocycles. The Labute approximate surface area is 110 Å². The van der Waals surface area contributed by atoms with Crippen LogP contribution in [0.15, 0.2) is 0 Å². The highest BCUT2D eigenvalue weighted by Gasteiger charge is 2.37. The number of nitrogens with zero attached hydrogens (tertiary/aromatic N) is 1. The van der Waals surface area contributed by atoms with Gasteiger partial charge in [0.05, 0.1) is 5.54 Å². The topological polar surface area (TPSA) is 58.4 Å². The van der Waals surface area contributed by atoms with Gasteiger partial charge in [0, 0.05) is 19.1 Å². The maximum atomic E-state index is 12.1. The Morgan fingerprint density at radius 3 is 2.67 bits per heavy atom. The summed E-state index contributed by atoms with van der Waals surface area (Å²) in [4.78, 5) is 14.6. The monoisotopic (exact) mass is 253 g/mol. The SMILES string of the molecule is CC(C)N1CCC(CNC(=O)C2(N)CCCC2)C1. The molecule has 0 aromatic rings. The Kier molecular flexibility index (Phi) is 4.28. The van der Waals surface area contributed by atoms with Crippen LogP contribution < -0.4 is 11.1 Å². The van der Waals surface area contributed by atoms with Crippen LogP contribution in [0.25, 0.3) is 0 Å². The lowest BCUT2D eigenvalue weighted by Crippen LogP contribution is -2.52. The molecular weight excluding hydrogens is 226 g/mol. The highest BCUT2D eigenvalue weighted by atomic mass is 16.2. The van der Waals surface area contributed by atoms with Crippen LogP contribution in [0.2, 0.25) is 0 Å². The molecule has 1 saturated heterocycles. The number of hydrogen-bond acceptors (Lipinski definition) is 3. The quantitative estimate of drug-likeness (QED) is 0.789.